The first kappa shape index (κ1) is 10.7. The molecule has 0 radical (unpaired) electrons. The second-order valence-corrected chi connectivity index (χ2v) is 4.15. The van der Waals surface area contributed by atoms with Gasteiger partial charge >= 0.3 is 0 Å². The maximum absolute atomic E-state index is 12.2. The molecule has 0 saturated heterocycles. The molecule has 1 amide bonds. The predicted octanol–water partition coefficient (Wildman–Crippen LogP) is 1.67. The molecule has 0 fully saturated rings. The van der Waals surface area contributed by atoms with Gasteiger partial charge in [0.05, 0.1) is 5.56 Å². The molecule has 5 nitrogen and oxygen atoms in total. The number of amides is 1. The second-order valence-electron chi connectivity index (χ2n) is 4.15. The Morgan fingerprint density at radius 1 is 1.28 bits per heavy atom. The summed E-state index contributed by atoms with van der Waals surface area (Å²) in [5.74, 6) is 0.583. The van der Waals surface area contributed by atoms with E-state index in [0.29, 0.717) is 11.4 Å². The number of pyridine rings is 2. The Balaban J connectivity index is 2.04. The number of rotatable bonds is 1. The smallest absolute Gasteiger partial charge is 0.259 e. The summed E-state index contributed by atoms with van der Waals surface area (Å²) in [6.45, 7) is 0. The largest absolute Gasteiger partial charge is 0.345 e. The SMILES string of the molecule is CN1C(=O)c2cccnc2N[C@H]1c1cccnc1. The molecule has 2 aromatic rings. The first-order valence-electron chi connectivity index (χ1n) is 5.66. The lowest BCUT2D eigenvalue weighted by Gasteiger charge is -2.34. The van der Waals surface area contributed by atoms with Gasteiger partial charge in [-0.3, -0.25) is 9.78 Å². The van der Waals surface area contributed by atoms with E-state index in [1.165, 1.54) is 0 Å². The number of nitrogens with zero attached hydrogens (tertiary/aromatic N) is 3. The molecule has 0 unspecified atom stereocenters. The van der Waals surface area contributed by atoms with E-state index in [0.717, 1.165) is 5.56 Å². The van der Waals surface area contributed by atoms with E-state index in [9.17, 15) is 4.79 Å². The van der Waals surface area contributed by atoms with Crippen molar-refractivity contribution >= 4 is 11.7 Å². The quantitative estimate of drug-likeness (QED) is 0.823. The zero-order valence-electron chi connectivity index (χ0n) is 9.87. The lowest BCUT2D eigenvalue weighted by Crippen LogP contribution is -2.40. The standard InChI is InChI=1S/C13H12N4O/c1-17-12(9-4-2-6-14-8-9)16-11-10(13(17)18)5-3-7-15-11/h2-8,12H,1H3,(H,15,16)/t12-/m1/s1. The second kappa shape index (κ2) is 4.10. The van der Waals surface area contributed by atoms with Crippen molar-refractivity contribution in [2.45, 2.75) is 6.17 Å². The van der Waals surface area contributed by atoms with Crippen molar-refractivity contribution in [2.24, 2.45) is 0 Å². The van der Waals surface area contributed by atoms with Gasteiger partial charge in [0.2, 0.25) is 0 Å². The van der Waals surface area contributed by atoms with Crippen LogP contribution in [0.15, 0.2) is 42.9 Å². The predicted molar refractivity (Wildman–Crippen MR) is 66.9 cm³/mol. The van der Waals surface area contributed by atoms with Crippen LogP contribution in [0, 0.1) is 0 Å². The van der Waals surface area contributed by atoms with E-state index in [2.05, 4.69) is 15.3 Å². The zero-order chi connectivity index (χ0) is 12.5. The van der Waals surface area contributed by atoms with Gasteiger partial charge in [0, 0.05) is 31.2 Å². The van der Waals surface area contributed by atoms with E-state index >= 15 is 0 Å². The highest BCUT2D eigenvalue weighted by Gasteiger charge is 2.30. The number of hydrogen-bond donors (Lipinski definition) is 1. The molecule has 0 bridgehead atoms. The molecule has 18 heavy (non-hydrogen) atoms. The fourth-order valence-electron chi connectivity index (χ4n) is 2.07. The van der Waals surface area contributed by atoms with Crippen LogP contribution in [0.3, 0.4) is 0 Å². The minimum atomic E-state index is -0.228. The molecular formula is C13H12N4O. The summed E-state index contributed by atoms with van der Waals surface area (Å²) in [7, 11) is 1.77. The van der Waals surface area contributed by atoms with Crippen molar-refractivity contribution in [3.8, 4) is 0 Å². The van der Waals surface area contributed by atoms with Crippen LogP contribution in [0.25, 0.3) is 0 Å². The molecule has 1 atom stereocenters. The van der Waals surface area contributed by atoms with Crippen LogP contribution in [-0.4, -0.2) is 27.8 Å². The minimum absolute atomic E-state index is 0.0364. The van der Waals surface area contributed by atoms with E-state index in [-0.39, 0.29) is 12.1 Å². The van der Waals surface area contributed by atoms with Gasteiger partial charge in [-0.15, -0.1) is 0 Å². The molecular weight excluding hydrogens is 228 g/mol. The Kier molecular flexibility index (Phi) is 2.44. The van der Waals surface area contributed by atoms with E-state index in [4.69, 9.17) is 0 Å². The maximum Gasteiger partial charge on any atom is 0.259 e. The van der Waals surface area contributed by atoms with E-state index in [1.54, 1.807) is 42.7 Å². The van der Waals surface area contributed by atoms with Crippen molar-refractivity contribution < 1.29 is 4.79 Å². The van der Waals surface area contributed by atoms with Crippen molar-refractivity contribution in [1.29, 1.82) is 0 Å². The summed E-state index contributed by atoms with van der Waals surface area (Å²) < 4.78 is 0. The average molecular weight is 240 g/mol. The molecule has 3 rings (SSSR count). The van der Waals surface area contributed by atoms with Crippen LogP contribution < -0.4 is 5.32 Å². The number of carbonyl (C=O) groups excluding carboxylic acids is 1. The van der Waals surface area contributed by atoms with Gasteiger partial charge in [-0.2, -0.15) is 0 Å². The van der Waals surface area contributed by atoms with Crippen LogP contribution >= 0.6 is 0 Å². The fraction of sp³-hybridized carbons (Fsp3) is 0.154. The lowest BCUT2D eigenvalue weighted by molar-refractivity contribution is 0.0734. The average Bonchev–Trinajstić information content (AvgIpc) is 2.44. The first-order chi connectivity index (χ1) is 8.77. The van der Waals surface area contributed by atoms with Crippen LogP contribution in [0.5, 0.6) is 0 Å². The van der Waals surface area contributed by atoms with Gasteiger partial charge < -0.3 is 10.2 Å². The summed E-state index contributed by atoms with van der Waals surface area (Å²) in [4.78, 5) is 22.2. The lowest BCUT2D eigenvalue weighted by atomic mass is 10.1. The van der Waals surface area contributed by atoms with Crippen LogP contribution in [0.2, 0.25) is 0 Å². The van der Waals surface area contributed by atoms with E-state index in [1.807, 2.05) is 12.1 Å². The summed E-state index contributed by atoms with van der Waals surface area (Å²) in [5, 5.41) is 3.25. The van der Waals surface area contributed by atoms with Crippen molar-refractivity contribution in [3.05, 3.63) is 54.0 Å². The first-order valence-corrected chi connectivity index (χ1v) is 5.66. The van der Waals surface area contributed by atoms with Crippen molar-refractivity contribution in [3.63, 3.8) is 0 Å². The van der Waals surface area contributed by atoms with Crippen LogP contribution in [0.4, 0.5) is 5.82 Å². The third kappa shape index (κ3) is 1.60. The maximum atomic E-state index is 12.2. The van der Waals surface area contributed by atoms with Crippen LogP contribution in [0.1, 0.15) is 22.1 Å². The third-order valence-electron chi connectivity index (χ3n) is 3.02. The molecule has 0 spiro atoms. The molecule has 3 heterocycles. The third-order valence-corrected chi connectivity index (χ3v) is 3.02. The van der Waals surface area contributed by atoms with Gasteiger partial charge in [-0.05, 0) is 18.2 Å². The van der Waals surface area contributed by atoms with Crippen LogP contribution in [-0.2, 0) is 0 Å². The summed E-state index contributed by atoms with van der Waals surface area (Å²) in [6.07, 6.45) is 4.90. The summed E-state index contributed by atoms with van der Waals surface area (Å²) >= 11 is 0. The molecule has 0 saturated carbocycles. The topological polar surface area (TPSA) is 58.1 Å². The summed E-state index contributed by atoms with van der Waals surface area (Å²) in [5.41, 5.74) is 1.53. The molecule has 1 aliphatic heterocycles. The molecule has 1 aliphatic rings. The summed E-state index contributed by atoms with van der Waals surface area (Å²) in [6, 6.07) is 7.32. The molecule has 0 aromatic carbocycles. The number of aromatic nitrogens is 2. The van der Waals surface area contributed by atoms with Gasteiger partial charge in [-0.25, -0.2) is 4.98 Å². The van der Waals surface area contributed by atoms with E-state index < -0.39 is 0 Å². The van der Waals surface area contributed by atoms with Crippen molar-refractivity contribution in [2.75, 3.05) is 12.4 Å². The number of carbonyl (C=O) groups is 1. The molecule has 2 aromatic heterocycles. The number of anilines is 1. The Morgan fingerprint density at radius 3 is 2.89 bits per heavy atom. The van der Waals surface area contributed by atoms with Gasteiger partial charge in [-0.1, -0.05) is 6.07 Å². The molecule has 0 aliphatic carbocycles. The normalized spacial score (nSPS) is 18.2. The highest BCUT2D eigenvalue weighted by molar-refractivity contribution is 6.00. The highest BCUT2D eigenvalue weighted by Crippen LogP contribution is 2.29. The van der Waals surface area contributed by atoms with Gasteiger partial charge in [0.1, 0.15) is 12.0 Å². The number of fused-ring (bicyclic) bond motifs is 1. The Morgan fingerprint density at radius 2 is 2.11 bits per heavy atom. The number of nitrogens with one attached hydrogen (secondary N) is 1. The van der Waals surface area contributed by atoms with Gasteiger partial charge in [0.25, 0.3) is 5.91 Å². The highest BCUT2D eigenvalue weighted by atomic mass is 16.2. The molecule has 1 N–H and O–H groups in total. The fourth-order valence-corrected chi connectivity index (χ4v) is 2.07. The number of hydrogen-bond acceptors (Lipinski definition) is 4. The molecule has 90 valence electrons. The Bertz CT molecular complexity index is 585. The van der Waals surface area contributed by atoms with Gasteiger partial charge in [0.15, 0.2) is 0 Å². The van der Waals surface area contributed by atoms with Crippen molar-refractivity contribution in [1.82, 2.24) is 14.9 Å². The minimum Gasteiger partial charge on any atom is -0.345 e. The Labute approximate surface area is 104 Å². The molecule has 5 heteroatoms. The zero-order valence-corrected chi connectivity index (χ0v) is 9.87. The monoisotopic (exact) mass is 240 g/mol. The Hall–Kier alpha value is -2.43.